The van der Waals surface area contributed by atoms with Gasteiger partial charge in [0.2, 0.25) is 15.9 Å². The molecule has 0 bridgehead atoms. The Morgan fingerprint density at radius 2 is 1.87 bits per heavy atom. The second kappa shape index (κ2) is 10.2. The number of para-hydroxylation sites is 1. The van der Waals surface area contributed by atoms with Crippen LogP contribution >= 0.6 is 11.8 Å². The van der Waals surface area contributed by atoms with E-state index in [1.807, 2.05) is 0 Å². The summed E-state index contributed by atoms with van der Waals surface area (Å²) < 4.78 is 57.3. The monoisotopic (exact) mass is 457 g/mol. The summed E-state index contributed by atoms with van der Waals surface area (Å²) >= 11 is 0.351. The number of sulfonamides is 1. The number of thioether (sulfide) groups is 1. The van der Waals surface area contributed by atoms with Gasteiger partial charge in [-0.2, -0.15) is 13.1 Å². The van der Waals surface area contributed by atoms with E-state index < -0.39 is 21.7 Å². The Hall–Kier alpha value is -2.21. The summed E-state index contributed by atoms with van der Waals surface area (Å²) in [6.45, 7) is 1.12. The minimum Gasteiger partial charge on any atom is -0.379 e. The molecular formula is C19H21F2N3O4S2. The van der Waals surface area contributed by atoms with Gasteiger partial charge in [-0.1, -0.05) is 30.0 Å². The van der Waals surface area contributed by atoms with Crippen LogP contribution in [0.4, 0.5) is 20.2 Å². The molecule has 0 unspecified atom stereocenters. The van der Waals surface area contributed by atoms with Gasteiger partial charge in [-0.05, 0) is 30.3 Å². The van der Waals surface area contributed by atoms with Crippen LogP contribution in [-0.2, 0) is 19.6 Å². The normalized spacial score (nSPS) is 15.2. The average molecular weight is 458 g/mol. The molecule has 1 fully saturated rings. The number of carbonyl (C=O) groups is 1. The SMILES string of the molecule is O=C(CNc1cccc(S(=O)(=O)N2CCOCC2)c1)Nc1ccccc1SC(F)F. The number of carbonyl (C=O) groups excluding carboxylic acids is 1. The largest absolute Gasteiger partial charge is 0.379 e. The van der Waals surface area contributed by atoms with E-state index in [0.717, 1.165) is 0 Å². The third kappa shape index (κ3) is 5.91. The Bertz CT molecular complexity index is 983. The molecule has 3 rings (SSSR count). The molecule has 0 radical (unpaired) electrons. The van der Waals surface area contributed by atoms with E-state index in [9.17, 15) is 22.0 Å². The number of benzene rings is 2. The molecule has 0 atom stereocenters. The van der Waals surface area contributed by atoms with Crippen LogP contribution in [0.15, 0.2) is 58.3 Å². The van der Waals surface area contributed by atoms with Crippen molar-refractivity contribution in [1.29, 1.82) is 0 Å². The lowest BCUT2D eigenvalue weighted by atomic mass is 10.3. The maximum Gasteiger partial charge on any atom is 0.288 e. The smallest absolute Gasteiger partial charge is 0.288 e. The van der Waals surface area contributed by atoms with Gasteiger partial charge in [0.05, 0.1) is 30.3 Å². The first-order chi connectivity index (χ1) is 14.4. The second-order valence-corrected chi connectivity index (χ2v) is 9.29. The lowest BCUT2D eigenvalue weighted by molar-refractivity contribution is -0.114. The van der Waals surface area contributed by atoms with Crippen molar-refractivity contribution in [2.24, 2.45) is 0 Å². The van der Waals surface area contributed by atoms with Gasteiger partial charge in [-0.15, -0.1) is 0 Å². The minimum atomic E-state index is -3.65. The molecule has 1 amide bonds. The zero-order valence-corrected chi connectivity index (χ0v) is 17.5. The summed E-state index contributed by atoms with van der Waals surface area (Å²) in [6, 6.07) is 12.5. The van der Waals surface area contributed by atoms with Crippen molar-refractivity contribution in [3.05, 3.63) is 48.5 Å². The maximum atomic E-state index is 12.7. The predicted octanol–water partition coefficient (Wildman–Crippen LogP) is 3.07. The fourth-order valence-corrected chi connectivity index (χ4v) is 4.90. The van der Waals surface area contributed by atoms with Gasteiger partial charge < -0.3 is 15.4 Å². The third-order valence-electron chi connectivity index (χ3n) is 4.27. The Kier molecular flexibility index (Phi) is 7.64. The Morgan fingerprint density at radius 3 is 2.60 bits per heavy atom. The fourth-order valence-electron chi connectivity index (χ4n) is 2.85. The highest BCUT2D eigenvalue weighted by atomic mass is 32.2. The van der Waals surface area contributed by atoms with Crippen molar-refractivity contribution in [2.45, 2.75) is 15.5 Å². The summed E-state index contributed by atoms with van der Waals surface area (Å²) in [5, 5.41) is 5.45. The minimum absolute atomic E-state index is 0.119. The lowest BCUT2D eigenvalue weighted by Crippen LogP contribution is -2.40. The lowest BCUT2D eigenvalue weighted by Gasteiger charge is -2.26. The van der Waals surface area contributed by atoms with Crippen molar-refractivity contribution in [3.63, 3.8) is 0 Å². The Labute approximate surface area is 177 Å². The van der Waals surface area contributed by atoms with Crippen LogP contribution in [0.1, 0.15) is 0 Å². The van der Waals surface area contributed by atoms with Gasteiger partial charge in [0.1, 0.15) is 0 Å². The van der Waals surface area contributed by atoms with Crippen LogP contribution in [0.2, 0.25) is 0 Å². The van der Waals surface area contributed by atoms with E-state index >= 15 is 0 Å². The quantitative estimate of drug-likeness (QED) is 0.593. The molecule has 0 aromatic heterocycles. The zero-order chi connectivity index (χ0) is 21.6. The maximum absolute atomic E-state index is 12.7. The van der Waals surface area contributed by atoms with Crippen LogP contribution < -0.4 is 10.6 Å². The summed E-state index contributed by atoms with van der Waals surface area (Å²) in [7, 11) is -3.65. The van der Waals surface area contributed by atoms with E-state index in [0.29, 0.717) is 49.4 Å². The third-order valence-corrected chi connectivity index (χ3v) is 6.95. The summed E-state index contributed by atoms with van der Waals surface area (Å²) in [5.41, 5.74) is 0.743. The molecule has 7 nitrogen and oxygen atoms in total. The molecule has 1 aliphatic heterocycles. The number of ether oxygens (including phenoxy) is 1. The number of anilines is 2. The highest BCUT2D eigenvalue weighted by molar-refractivity contribution is 7.99. The first-order valence-corrected chi connectivity index (χ1v) is 11.4. The van der Waals surface area contributed by atoms with Crippen LogP contribution in [-0.4, -0.2) is 57.2 Å². The van der Waals surface area contributed by atoms with Gasteiger partial charge in [0, 0.05) is 23.7 Å². The number of nitrogens with one attached hydrogen (secondary N) is 2. The topological polar surface area (TPSA) is 87.7 Å². The van der Waals surface area contributed by atoms with Crippen LogP contribution in [0.25, 0.3) is 0 Å². The number of amides is 1. The molecule has 0 spiro atoms. The predicted molar refractivity (Wildman–Crippen MR) is 111 cm³/mol. The van der Waals surface area contributed by atoms with Gasteiger partial charge in [-0.3, -0.25) is 4.79 Å². The summed E-state index contributed by atoms with van der Waals surface area (Å²) in [5.74, 6) is -3.05. The highest BCUT2D eigenvalue weighted by Gasteiger charge is 2.26. The summed E-state index contributed by atoms with van der Waals surface area (Å²) in [6.07, 6.45) is 0. The van der Waals surface area contributed by atoms with Crippen LogP contribution in [0.5, 0.6) is 0 Å². The number of hydrogen-bond donors (Lipinski definition) is 2. The number of nitrogens with zero attached hydrogens (tertiary/aromatic N) is 1. The van der Waals surface area contributed by atoms with E-state index in [1.54, 1.807) is 24.3 Å². The first kappa shape index (κ1) is 22.5. The molecular weight excluding hydrogens is 436 g/mol. The zero-order valence-electron chi connectivity index (χ0n) is 15.9. The number of morpholine rings is 1. The van der Waals surface area contributed by atoms with E-state index in [-0.39, 0.29) is 16.3 Å². The molecule has 2 N–H and O–H groups in total. The van der Waals surface area contributed by atoms with Gasteiger partial charge in [0.25, 0.3) is 5.76 Å². The molecule has 0 aliphatic carbocycles. The molecule has 1 heterocycles. The highest BCUT2D eigenvalue weighted by Crippen LogP contribution is 2.31. The molecule has 11 heteroatoms. The number of rotatable bonds is 8. The van der Waals surface area contributed by atoms with Crippen molar-refractivity contribution in [3.8, 4) is 0 Å². The Balaban J connectivity index is 1.63. The van der Waals surface area contributed by atoms with Crippen molar-refractivity contribution in [1.82, 2.24) is 4.31 Å². The van der Waals surface area contributed by atoms with E-state index in [1.165, 1.54) is 28.6 Å². The number of alkyl halides is 2. The first-order valence-electron chi connectivity index (χ1n) is 9.12. The molecule has 0 saturated carbocycles. The van der Waals surface area contributed by atoms with Gasteiger partial charge in [0.15, 0.2) is 0 Å². The Morgan fingerprint density at radius 1 is 1.13 bits per heavy atom. The van der Waals surface area contributed by atoms with Gasteiger partial charge >= 0.3 is 0 Å². The molecule has 2 aromatic carbocycles. The average Bonchev–Trinajstić information content (AvgIpc) is 2.74. The molecule has 2 aromatic rings. The van der Waals surface area contributed by atoms with Crippen molar-refractivity contribution in [2.75, 3.05) is 43.5 Å². The molecule has 30 heavy (non-hydrogen) atoms. The number of hydrogen-bond acceptors (Lipinski definition) is 6. The number of halogens is 2. The van der Waals surface area contributed by atoms with E-state index in [4.69, 9.17) is 4.74 Å². The van der Waals surface area contributed by atoms with E-state index in [2.05, 4.69) is 10.6 Å². The molecule has 162 valence electrons. The standard InChI is InChI=1S/C19H21F2N3O4S2/c20-19(21)29-17-7-2-1-6-16(17)23-18(25)13-22-14-4-3-5-15(12-14)30(26,27)24-8-10-28-11-9-24/h1-7,12,19,22H,8-11,13H2,(H,23,25). The second-order valence-electron chi connectivity index (χ2n) is 6.32. The molecule has 1 saturated heterocycles. The summed E-state index contributed by atoms with van der Waals surface area (Å²) in [4.78, 5) is 12.6. The van der Waals surface area contributed by atoms with Crippen LogP contribution in [0, 0.1) is 0 Å². The fraction of sp³-hybridized carbons (Fsp3) is 0.316. The van der Waals surface area contributed by atoms with Crippen molar-refractivity contribution >= 4 is 39.1 Å². The van der Waals surface area contributed by atoms with Crippen LogP contribution in [0.3, 0.4) is 0 Å². The van der Waals surface area contributed by atoms with Gasteiger partial charge in [-0.25, -0.2) is 8.42 Å². The molecule has 1 aliphatic rings. The van der Waals surface area contributed by atoms with Crippen molar-refractivity contribution < 1.29 is 26.7 Å².